The van der Waals surface area contributed by atoms with E-state index < -0.39 is 25.8 Å². The van der Waals surface area contributed by atoms with Gasteiger partial charge in [-0.05, 0) is 24.3 Å². The molecular weight excluding hydrogens is 410 g/mol. The van der Waals surface area contributed by atoms with Crippen LogP contribution < -0.4 is 14.2 Å². The van der Waals surface area contributed by atoms with Crippen LogP contribution in [0.15, 0.2) is 46.2 Å². The maximum absolute atomic E-state index is 12.7. The highest BCUT2D eigenvalue weighted by molar-refractivity contribution is 7.92. The first kappa shape index (κ1) is 21.5. The van der Waals surface area contributed by atoms with Crippen molar-refractivity contribution in [3.8, 4) is 11.5 Å². The third-order valence-corrected chi connectivity index (χ3v) is 6.25. The van der Waals surface area contributed by atoms with Crippen molar-refractivity contribution in [3.05, 3.63) is 42.0 Å². The predicted molar refractivity (Wildman–Crippen MR) is 101 cm³/mol. The topological polar surface area (TPSA) is 125 Å². The summed E-state index contributed by atoms with van der Waals surface area (Å²) in [5, 5.41) is 0. The van der Waals surface area contributed by atoms with Crippen LogP contribution in [0.1, 0.15) is 10.4 Å². The number of hydrogen-bond donors (Lipinski definition) is 1. The van der Waals surface area contributed by atoms with Crippen LogP contribution in [-0.2, 0) is 24.6 Å². The first-order valence-electron chi connectivity index (χ1n) is 7.70. The molecule has 1 N–H and O–H groups in total. The van der Waals surface area contributed by atoms with Gasteiger partial charge in [0, 0.05) is 18.4 Å². The van der Waals surface area contributed by atoms with E-state index >= 15 is 0 Å². The number of anilines is 1. The lowest BCUT2D eigenvalue weighted by Crippen LogP contribution is -2.16. The van der Waals surface area contributed by atoms with Crippen molar-refractivity contribution in [2.24, 2.45) is 0 Å². The number of carbonyl (C=O) groups excluding carboxylic acids is 1. The average molecular weight is 429 g/mol. The van der Waals surface area contributed by atoms with Crippen LogP contribution in [0, 0.1) is 0 Å². The third kappa shape index (κ3) is 4.54. The molecule has 0 heterocycles. The average Bonchev–Trinajstić information content (AvgIpc) is 2.66. The van der Waals surface area contributed by atoms with Gasteiger partial charge in [-0.15, -0.1) is 0 Å². The number of hydrogen-bond acceptors (Lipinski definition) is 8. The number of esters is 1. The number of ether oxygens (including phenoxy) is 3. The molecule has 9 nitrogen and oxygen atoms in total. The summed E-state index contributed by atoms with van der Waals surface area (Å²) in [4.78, 5) is 11.8. The third-order valence-electron chi connectivity index (χ3n) is 3.74. The monoisotopic (exact) mass is 429 g/mol. The Labute approximate surface area is 163 Å². The summed E-state index contributed by atoms with van der Waals surface area (Å²) >= 11 is 0. The summed E-state index contributed by atoms with van der Waals surface area (Å²) in [7, 11) is -3.72. The van der Waals surface area contributed by atoms with E-state index in [0.29, 0.717) is 0 Å². The van der Waals surface area contributed by atoms with Gasteiger partial charge in [-0.3, -0.25) is 4.72 Å². The lowest BCUT2D eigenvalue weighted by atomic mass is 10.1. The molecule has 0 aliphatic rings. The number of nitrogens with one attached hydrogen (secondary N) is 1. The molecular formula is C17H19NO8S2. The fraction of sp³-hybridized carbons (Fsp3) is 0.235. The quantitative estimate of drug-likeness (QED) is 0.659. The van der Waals surface area contributed by atoms with Crippen LogP contribution in [0.2, 0.25) is 0 Å². The fourth-order valence-corrected chi connectivity index (χ4v) is 4.01. The summed E-state index contributed by atoms with van der Waals surface area (Å²) in [5.74, 6) is -0.380. The van der Waals surface area contributed by atoms with Crippen LogP contribution in [0.5, 0.6) is 11.5 Å². The van der Waals surface area contributed by atoms with Crippen molar-refractivity contribution in [2.45, 2.75) is 9.79 Å². The predicted octanol–water partition coefficient (Wildman–Crippen LogP) is 1.69. The van der Waals surface area contributed by atoms with Gasteiger partial charge >= 0.3 is 5.97 Å². The van der Waals surface area contributed by atoms with E-state index in [-0.39, 0.29) is 32.5 Å². The van der Waals surface area contributed by atoms with Crippen molar-refractivity contribution in [1.29, 1.82) is 0 Å². The highest BCUT2D eigenvalue weighted by Crippen LogP contribution is 2.34. The zero-order valence-electron chi connectivity index (χ0n) is 15.5. The number of sulfonamides is 1. The molecule has 2 aromatic rings. The molecule has 0 saturated heterocycles. The van der Waals surface area contributed by atoms with Crippen molar-refractivity contribution < 1.29 is 35.8 Å². The van der Waals surface area contributed by atoms with Gasteiger partial charge in [-0.2, -0.15) is 0 Å². The zero-order valence-corrected chi connectivity index (χ0v) is 17.2. The molecule has 0 aliphatic carbocycles. The normalized spacial score (nSPS) is 11.6. The Kier molecular flexibility index (Phi) is 6.20. The number of methoxy groups -OCH3 is 3. The second-order valence-electron chi connectivity index (χ2n) is 5.59. The number of rotatable bonds is 7. The van der Waals surface area contributed by atoms with E-state index in [1.165, 1.54) is 38.5 Å². The van der Waals surface area contributed by atoms with Gasteiger partial charge < -0.3 is 14.2 Å². The second-order valence-corrected chi connectivity index (χ2v) is 9.29. The molecule has 0 spiro atoms. The van der Waals surface area contributed by atoms with Gasteiger partial charge in [0.2, 0.25) is 0 Å². The number of carbonyl (C=O) groups is 1. The molecule has 0 aromatic heterocycles. The molecule has 0 radical (unpaired) electrons. The summed E-state index contributed by atoms with van der Waals surface area (Å²) in [6, 6.07) is 7.23. The Morgan fingerprint density at radius 2 is 1.36 bits per heavy atom. The Hall–Kier alpha value is -2.79. The van der Waals surface area contributed by atoms with E-state index in [9.17, 15) is 21.6 Å². The summed E-state index contributed by atoms with van der Waals surface area (Å²) in [5.41, 5.74) is -0.173. The minimum Gasteiger partial charge on any atom is -0.493 e. The molecule has 0 amide bonds. The van der Waals surface area contributed by atoms with E-state index in [0.717, 1.165) is 25.5 Å². The van der Waals surface area contributed by atoms with Crippen molar-refractivity contribution in [3.63, 3.8) is 0 Å². The molecule has 2 rings (SSSR count). The Bertz CT molecular complexity index is 1090. The van der Waals surface area contributed by atoms with Gasteiger partial charge in [-0.1, -0.05) is 0 Å². The molecule has 0 fully saturated rings. The minimum atomic E-state index is -4.13. The van der Waals surface area contributed by atoms with Crippen molar-refractivity contribution in [2.75, 3.05) is 32.3 Å². The molecule has 0 aliphatic heterocycles. The van der Waals surface area contributed by atoms with Crippen LogP contribution in [0.25, 0.3) is 0 Å². The smallest absolute Gasteiger partial charge is 0.340 e. The Balaban J connectivity index is 2.51. The van der Waals surface area contributed by atoms with Gasteiger partial charge in [0.1, 0.15) is 0 Å². The van der Waals surface area contributed by atoms with Gasteiger partial charge in [0.05, 0.1) is 42.4 Å². The standard InChI is InChI=1S/C17H19NO8S2/c1-24-15-9-13(17(19)26-3)14(10-16(15)25-2)18-28(22,23)12-7-5-11(6-8-12)27(4,20)21/h5-10,18H,1-4H3. The fourth-order valence-electron chi connectivity index (χ4n) is 2.31. The molecule has 0 atom stereocenters. The SMILES string of the molecule is COC(=O)c1cc(OC)c(OC)cc1NS(=O)(=O)c1ccc(S(C)(=O)=O)cc1. The summed E-state index contributed by atoms with van der Waals surface area (Å²) in [6.07, 6.45) is 1.01. The zero-order chi connectivity index (χ0) is 21.1. The van der Waals surface area contributed by atoms with E-state index in [1.54, 1.807) is 0 Å². The van der Waals surface area contributed by atoms with E-state index in [2.05, 4.69) is 9.46 Å². The van der Waals surface area contributed by atoms with Crippen LogP contribution in [0.3, 0.4) is 0 Å². The maximum atomic E-state index is 12.7. The minimum absolute atomic E-state index is 0.0205. The van der Waals surface area contributed by atoms with E-state index in [1.807, 2.05) is 0 Å². The van der Waals surface area contributed by atoms with E-state index in [4.69, 9.17) is 9.47 Å². The van der Waals surface area contributed by atoms with Gasteiger partial charge in [-0.25, -0.2) is 21.6 Å². The van der Waals surface area contributed by atoms with Crippen molar-refractivity contribution >= 4 is 31.5 Å². The van der Waals surface area contributed by atoms with Crippen LogP contribution in [0.4, 0.5) is 5.69 Å². The second kappa shape index (κ2) is 8.07. The largest absolute Gasteiger partial charge is 0.493 e. The Morgan fingerprint density at radius 1 is 0.857 bits per heavy atom. The molecule has 28 heavy (non-hydrogen) atoms. The van der Waals surface area contributed by atoms with Crippen molar-refractivity contribution in [1.82, 2.24) is 0 Å². The first-order chi connectivity index (χ1) is 13.0. The van der Waals surface area contributed by atoms with Crippen LogP contribution >= 0.6 is 0 Å². The molecule has 0 saturated carbocycles. The Morgan fingerprint density at radius 3 is 1.82 bits per heavy atom. The molecule has 0 unspecified atom stereocenters. The first-order valence-corrected chi connectivity index (χ1v) is 11.1. The molecule has 152 valence electrons. The number of benzene rings is 2. The highest BCUT2D eigenvalue weighted by atomic mass is 32.2. The van der Waals surface area contributed by atoms with Gasteiger partial charge in [0.25, 0.3) is 10.0 Å². The maximum Gasteiger partial charge on any atom is 0.340 e. The number of sulfone groups is 1. The van der Waals surface area contributed by atoms with Gasteiger partial charge in [0.15, 0.2) is 21.3 Å². The summed E-state index contributed by atoms with van der Waals surface area (Å²) < 4.78 is 65.7. The molecule has 11 heteroatoms. The molecule has 0 bridgehead atoms. The molecule has 2 aromatic carbocycles. The highest BCUT2D eigenvalue weighted by Gasteiger charge is 2.23. The van der Waals surface area contributed by atoms with Crippen LogP contribution in [-0.4, -0.2) is 50.4 Å². The lowest BCUT2D eigenvalue weighted by molar-refractivity contribution is 0.0601. The summed E-state index contributed by atoms with van der Waals surface area (Å²) in [6.45, 7) is 0. The lowest BCUT2D eigenvalue weighted by Gasteiger charge is -2.15.